The molecule has 0 saturated carbocycles. The molecule has 3 amide bonds. The lowest BCUT2D eigenvalue weighted by Crippen LogP contribution is -2.52. The van der Waals surface area contributed by atoms with E-state index < -0.39 is 11.9 Å². The van der Waals surface area contributed by atoms with Gasteiger partial charge in [-0.1, -0.05) is 42.2 Å². The molecule has 2 aliphatic heterocycles. The van der Waals surface area contributed by atoms with Gasteiger partial charge in [0.2, 0.25) is 11.8 Å². The lowest BCUT2D eigenvalue weighted by Gasteiger charge is -2.29. The fraction of sp³-hybridized carbons (Fsp3) is 0.286. The summed E-state index contributed by atoms with van der Waals surface area (Å²) in [6.45, 7) is 0.663. The molecule has 0 bridgehead atoms. The highest BCUT2D eigenvalue weighted by Gasteiger charge is 2.40. The van der Waals surface area contributed by atoms with Crippen molar-refractivity contribution in [1.82, 2.24) is 10.2 Å². The number of hydrogen-bond donors (Lipinski definition) is 1. The Morgan fingerprint density at radius 1 is 1.07 bits per heavy atom. The van der Waals surface area contributed by atoms with E-state index in [0.717, 1.165) is 16.7 Å². The summed E-state index contributed by atoms with van der Waals surface area (Å²) in [5, 5.41) is 2.31. The topological polar surface area (TPSA) is 75.7 Å². The third-order valence-electron chi connectivity index (χ3n) is 5.19. The Morgan fingerprint density at radius 2 is 1.82 bits per heavy atom. The van der Waals surface area contributed by atoms with Crippen molar-refractivity contribution in [1.29, 1.82) is 0 Å². The molecule has 1 atom stereocenters. The molecule has 2 heterocycles. The Morgan fingerprint density at radius 3 is 2.54 bits per heavy atom. The molecule has 7 heteroatoms. The second-order valence-corrected chi connectivity index (χ2v) is 6.99. The monoisotopic (exact) mass is 374 g/mol. The molecule has 1 saturated heterocycles. The zero-order valence-electron chi connectivity index (χ0n) is 15.3. The number of amides is 3. The van der Waals surface area contributed by atoms with Crippen LogP contribution in [0.3, 0.4) is 0 Å². The average Bonchev–Trinajstić information content (AvgIpc) is 3.04. The summed E-state index contributed by atoms with van der Waals surface area (Å²) in [6, 6.07) is 12.6. The van der Waals surface area contributed by atoms with Gasteiger partial charge >= 0.3 is 0 Å². The second-order valence-electron chi connectivity index (χ2n) is 6.99. The lowest BCUT2D eigenvalue weighted by molar-refractivity contribution is -0.136. The van der Waals surface area contributed by atoms with Gasteiger partial charge in [0.1, 0.15) is 18.4 Å². The minimum Gasteiger partial charge on any atom is -0.489 e. The van der Waals surface area contributed by atoms with Crippen LogP contribution in [0.25, 0.3) is 0 Å². The molecule has 28 heavy (non-hydrogen) atoms. The van der Waals surface area contributed by atoms with Crippen molar-refractivity contribution in [3.63, 3.8) is 0 Å². The van der Waals surface area contributed by atoms with E-state index in [1.165, 1.54) is 4.90 Å². The van der Waals surface area contributed by atoms with E-state index in [4.69, 9.17) is 12.6 Å². The van der Waals surface area contributed by atoms with Crippen LogP contribution in [-0.4, -0.2) is 36.5 Å². The van der Waals surface area contributed by atoms with Gasteiger partial charge < -0.3 is 9.64 Å². The van der Waals surface area contributed by atoms with Crippen LogP contribution in [0.2, 0.25) is 0 Å². The lowest BCUT2D eigenvalue weighted by atomic mass is 9.96. The molecule has 0 aliphatic carbocycles. The summed E-state index contributed by atoms with van der Waals surface area (Å²) in [6.07, 6.45) is 1.07. The zero-order chi connectivity index (χ0) is 19.7. The van der Waals surface area contributed by atoms with E-state index in [1.807, 2.05) is 30.3 Å². The molecule has 1 unspecified atom stereocenters. The van der Waals surface area contributed by atoms with Gasteiger partial charge in [0.15, 0.2) is 0 Å². The Balaban J connectivity index is 1.50. The van der Waals surface area contributed by atoms with E-state index in [1.54, 1.807) is 12.1 Å². The highest BCUT2D eigenvalue weighted by Crippen LogP contribution is 2.33. The van der Waals surface area contributed by atoms with Crippen LogP contribution >= 0.6 is 0 Å². The molecule has 140 valence electrons. The number of nitrogens with zero attached hydrogens (tertiary/aromatic N) is 1. The highest BCUT2D eigenvalue weighted by atomic mass is 16.5. The summed E-state index contributed by atoms with van der Waals surface area (Å²) in [4.78, 5) is 37.9. The Hall–Kier alpha value is -3.09. The fourth-order valence-electron chi connectivity index (χ4n) is 3.63. The van der Waals surface area contributed by atoms with Crippen molar-refractivity contribution >= 4 is 25.6 Å². The Bertz CT molecular complexity index is 942. The maximum atomic E-state index is 12.8. The van der Waals surface area contributed by atoms with Crippen molar-refractivity contribution in [3.05, 3.63) is 64.7 Å². The molecule has 1 fully saturated rings. The summed E-state index contributed by atoms with van der Waals surface area (Å²) in [5.41, 5.74) is 3.37. The zero-order valence-corrected chi connectivity index (χ0v) is 15.3. The van der Waals surface area contributed by atoms with Crippen LogP contribution < -0.4 is 10.1 Å². The Kier molecular flexibility index (Phi) is 4.90. The molecule has 4 rings (SSSR count). The number of hydrogen-bond acceptors (Lipinski definition) is 4. The number of carbonyl (C=O) groups is 3. The number of nitrogens with one attached hydrogen (secondary N) is 1. The molecule has 0 aromatic heterocycles. The van der Waals surface area contributed by atoms with Crippen LogP contribution in [-0.2, 0) is 29.1 Å². The van der Waals surface area contributed by atoms with E-state index in [2.05, 4.69) is 5.32 Å². The van der Waals surface area contributed by atoms with E-state index >= 15 is 0 Å². The smallest absolute Gasteiger partial charge is 0.255 e. The molecule has 2 aliphatic rings. The van der Waals surface area contributed by atoms with Crippen molar-refractivity contribution in [2.75, 3.05) is 0 Å². The highest BCUT2D eigenvalue weighted by molar-refractivity contribution is 6.08. The maximum absolute atomic E-state index is 12.8. The van der Waals surface area contributed by atoms with Gasteiger partial charge in [-0.25, -0.2) is 0 Å². The first kappa shape index (κ1) is 18.3. The van der Waals surface area contributed by atoms with Gasteiger partial charge in [0.25, 0.3) is 5.91 Å². The number of ether oxygens (including phenoxy) is 1. The summed E-state index contributed by atoms with van der Waals surface area (Å²) in [5.74, 6) is -0.291. The van der Waals surface area contributed by atoms with Crippen LogP contribution in [0.4, 0.5) is 0 Å². The van der Waals surface area contributed by atoms with Crippen molar-refractivity contribution < 1.29 is 19.1 Å². The molecule has 6 nitrogen and oxygen atoms in total. The maximum Gasteiger partial charge on any atom is 0.255 e. The Labute approximate surface area is 164 Å². The average molecular weight is 374 g/mol. The first-order valence-corrected chi connectivity index (χ1v) is 9.24. The second kappa shape index (κ2) is 7.50. The number of piperidine rings is 1. The number of rotatable bonds is 5. The van der Waals surface area contributed by atoms with Gasteiger partial charge in [-0.15, -0.1) is 0 Å². The van der Waals surface area contributed by atoms with Gasteiger partial charge in [-0.2, -0.15) is 0 Å². The minimum absolute atomic E-state index is 0.206. The fourth-order valence-corrected chi connectivity index (χ4v) is 3.63. The van der Waals surface area contributed by atoms with E-state index in [0.29, 0.717) is 37.2 Å². The standard InChI is InChI=1S/C21H19BN2O4/c22-10-13-4-6-14(7-5-13)12-28-18-3-1-2-15-16(18)11-24(21(15)27)17-8-9-19(25)23-20(17)26/h1-7,17H,8-12H2,(H,23,25,26). The molecule has 2 radical (unpaired) electrons. The normalized spacial score (nSPS) is 18.8. The van der Waals surface area contributed by atoms with Crippen LogP contribution in [0, 0.1) is 0 Å². The first-order chi connectivity index (χ1) is 13.6. The van der Waals surface area contributed by atoms with Crippen LogP contribution in [0.1, 0.15) is 39.9 Å². The first-order valence-electron chi connectivity index (χ1n) is 9.24. The predicted molar refractivity (Wildman–Crippen MR) is 103 cm³/mol. The van der Waals surface area contributed by atoms with Gasteiger partial charge in [-0.3, -0.25) is 19.7 Å². The number of benzene rings is 2. The van der Waals surface area contributed by atoms with Gasteiger partial charge in [-0.05, 0) is 24.1 Å². The van der Waals surface area contributed by atoms with Gasteiger partial charge in [0.05, 0.1) is 14.4 Å². The summed E-state index contributed by atoms with van der Waals surface area (Å²) in [7, 11) is 5.62. The van der Waals surface area contributed by atoms with Crippen molar-refractivity contribution in [3.8, 4) is 5.75 Å². The summed E-state index contributed by atoms with van der Waals surface area (Å²) >= 11 is 0. The molecular formula is C21H19BN2O4. The summed E-state index contributed by atoms with van der Waals surface area (Å²) < 4.78 is 5.97. The number of imide groups is 1. The van der Waals surface area contributed by atoms with Crippen LogP contribution in [0.15, 0.2) is 42.5 Å². The molecule has 0 spiro atoms. The third-order valence-corrected chi connectivity index (χ3v) is 5.19. The van der Waals surface area contributed by atoms with Crippen molar-refractivity contribution in [2.24, 2.45) is 0 Å². The third kappa shape index (κ3) is 3.40. The van der Waals surface area contributed by atoms with Crippen molar-refractivity contribution in [2.45, 2.75) is 38.4 Å². The molecule has 2 aromatic rings. The molecular weight excluding hydrogens is 355 g/mol. The largest absolute Gasteiger partial charge is 0.489 e. The number of fused-ring (bicyclic) bond motifs is 1. The quantitative estimate of drug-likeness (QED) is 0.639. The van der Waals surface area contributed by atoms with Gasteiger partial charge in [0, 0.05) is 17.5 Å². The minimum atomic E-state index is -0.630. The SMILES string of the molecule is [B]Cc1ccc(COc2cccc3c2CN(C2CCC(=O)NC2=O)C3=O)cc1. The van der Waals surface area contributed by atoms with Crippen LogP contribution in [0.5, 0.6) is 5.75 Å². The van der Waals surface area contributed by atoms with E-state index in [-0.39, 0.29) is 18.2 Å². The van der Waals surface area contributed by atoms with E-state index in [9.17, 15) is 14.4 Å². The number of carbonyl (C=O) groups excluding carboxylic acids is 3. The molecule has 1 N–H and O–H groups in total. The molecule has 2 aromatic carbocycles. The predicted octanol–water partition coefficient (Wildman–Crippen LogP) is 1.70.